The summed E-state index contributed by atoms with van der Waals surface area (Å²) in [4.78, 5) is 13.0. The van der Waals surface area contributed by atoms with Gasteiger partial charge in [0.1, 0.15) is 0 Å². The fraction of sp³-hybridized carbons (Fsp3) is 0.143. The number of benzene rings is 1. The number of halogens is 1. The molecule has 5 nitrogen and oxygen atoms in total. The number of aryl methyl sites for hydroxylation is 1. The van der Waals surface area contributed by atoms with Crippen LogP contribution in [0.1, 0.15) is 0 Å². The van der Waals surface area contributed by atoms with Crippen molar-refractivity contribution in [2.75, 3.05) is 11.5 Å². The monoisotopic (exact) mass is 320 g/mol. The zero-order valence-corrected chi connectivity index (χ0v) is 12.6. The topological polar surface area (TPSA) is 65.3 Å². The number of aromatic nitrogens is 3. The van der Waals surface area contributed by atoms with Crippen molar-refractivity contribution in [3.05, 3.63) is 58.1 Å². The van der Waals surface area contributed by atoms with Crippen molar-refractivity contribution in [2.45, 2.75) is 11.4 Å². The molecular formula is C14H13ClN4OS. The van der Waals surface area contributed by atoms with Crippen molar-refractivity contribution >= 4 is 34.7 Å². The number of hydrogen-bond donors (Lipinski definition) is 1. The molecule has 0 atom stereocenters. The summed E-state index contributed by atoms with van der Waals surface area (Å²) in [6.45, 7) is 0.511. The Balaban J connectivity index is 1.74. The third-order valence-corrected chi connectivity index (χ3v) is 4.31. The molecule has 0 aliphatic carbocycles. The minimum absolute atomic E-state index is 0.134. The first kappa shape index (κ1) is 14.0. The molecule has 21 heavy (non-hydrogen) atoms. The van der Waals surface area contributed by atoms with Crippen molar-refractivity contribution < 1.29 is 0 Å². The van der Waals surface area contributed by atoms with Crippen molar-refractivity contribution in [1.29, 1.82) is 0 Å². The molecule has 0 aliphatic rings. The van der Waals surface area contributed by atoms with Gasteiger partial charge in [-0.1, -0.05) is 17.7 Å². The highest BCUT2D eigenvalue weighted by molar-refractivity contribution is 7.99. The SMILES string of the molecule is Nc1ccc(Cl)cc1SCCn1nc2ccccn2c1=O. The van der Waals surface area contributed by atoms with E-state index in [9.17, 15) is 4.79 Å². The smallest absolute Gasteiger partial charge is 0.350 e. The molecule has 3 rings (SSSR count). The number of anilines is 1. The molecule has 0 radical (unpaired) electrons. The fourth-order valence-corrected chi connectivity index (χ4v) is 3.15. The zero-order chi connectivity index (χ0) is 14.8. The van der Waals surface area contributed by atoms with Gasteiger partial charge in [-0.3, -0.25) is 4.40 Å². The fourth-order valence-electron chi connectivity index (χ4n) is 1.99. The number of rotatable bonds is 4. The number of pyridine rings is 1. The summed E-state index contributed by atoms with van der Waals surface area (Å²) in [6, 6.07) is 10.8. The highest BCUT2D eigenvalue weighted by atomic mass is 35.5. The molecule has 2 N–H and O–H groups in total. The summed E-state index contributed by atoms with van der Waals surface area (Å²) in [7, 11) is 0. The van der Waals surface area contributed by atoms with E-state index in [1.165, 1.54) is 9.08 Å². The van der Waals surface area contributed by atoms with Crippen LogP contribution in [0.2, 0.25) is 5.02 Å². The van der Waals surface area contributed by atoms with Crippen LogP contribution in [-0.2, 0) is 6.54 Å². The second kappa shape index (κ2) is 5.83. The lowest BCUT2D eigenvalue weighted by molar-refractivity contribution is 0.640. The number of nitrogens with two attached hydrogens (primary N) is 1. The predicted molar refractivity (Wildman–Crippen MR) is 86.0 cm³/mol. The quantitative estimate of drug-likeness (QED) is 0.592. The van der Waals surface area contributed by atoms with Gasteiger partial charge >= 0.3 is 5.69 Å². The molecular weight excluding hydrogens is 308 g/mol. The molecule has 2 heterocycles. The zero-order valence-electron chi connectivity index (χ0n) is 11.1. The van der Waals surface area contributed by atoms with Gasteiger partial charge in [-0.2, -0.15) is 0 Å². The van der Waals surface area contributed by atoms with Gasteiger partial charge in [-0.05, 0) is 30.3 Å². The number of hydrogen-bond acceptors (Lipinski definition) is 4. The maximum absolute atomic E-state index is 12.1. The average Bonchev–Trinajstić information content (AvgIpc) is 2.80. The molecule has 0 unspecified atom stereocenters. The van der Waals surface area contributed by atoms with Crippen molar-refractivity contribution in [3.63, 3.8) is 0 Å². The van der Waals surface area contributed by atoms with Crippen LogP contribution in [0.5, 0.6) is 0 Å². The standard InChI is InChI=1S/C14H13ClN4OS/c15-10-4-5-11(16)12(9-10)21-8-7-19-14(20)18-6-2-1-3-13(18)17-19/h1-6,9H,7-8,16H2. The molecule has 0 fully saturated rings. The Bertz CT molecular complexity index is 842. The lowest BCUT2D eigenvalue weighted by atomic mass is 10.3. The number of nitrogen functional groups attached to an aromatic ring is 1. The van der Waals surface area contributed by atoms with Gasteiger partial charge in [0.2, 0.25) is 0 Å². The maximum atomic E-state index is 12.1. The van der Waals surface area contributed by atoms with Crippen LogP contribution in [0.3, 0.4) is 0 Å². The van der Waals surface area contributed by atoms with Gasteiger partial charge in [0.25, 0.3) is 0 Å². The van der Waals surface area contributed by atoms with Crippen LogP contribution in [0, 0.1) is 0 Å². The molecule has 0 saturated heterocycles. The minimum Gasteiger partial charge on any atom is -0.398 e. The third kappa shape index (κ3) is 2.91. The molecule has 0 spiro atoms. The summed E-state index contributed by atoms with van der Waals surface area (Å²) in [6.07, 6.45) is 1.71. The Morgan fingerprint density at radius 3 is 2.95 bits per heavy atom. The Kier molecular flexibility index (Phi) is 3.90. The lowest BCUT2D eigenvalue weighted by Crippen LogP contribution is -2.21. The maximum Gasteiger partial charge on any atom is 0.350 e. The van der Waals surface area contributed by atoms with Gasteiger partial charge in [0, 0.05) is 27.6 Å². The Labute approximate surface area is 130 Å². The highest BCUT2D eigenvalue weighted by Gasteiger charge is 2.06. The predicted octanol–water partition coefficient (Wildman–Crippen LogP) is 2.52. The summed E-state index contributed by atoms with van der Waals surface area (Å²) in [5.74, 6) is 0.689. The van der Waals surface area contributed by atoms with E-state index in [2.05, 4.69) is 5.10 Å². The molecule has 3 aromatic rings. The van der Waals surface area contributed by atoms with Crippen LogP contribution < -0.4 is 11.4 Å². The molecule has 0 amide bonds. The first-order valence-corrected chi connectivity index (χ1v) is 7.73. The first-order chi connectivity index (χ1) is 10.1. The first-order valence-electron chi connectivity index (χ1n) is 6.37. The Hall–Kier alpha value is -1.92. The number of thioether (sulfide) groups is 1. The number of nitrogens with zero attached hydrogens (tertiary/aromatic N) is 3. The summed E-state index contributed by atoms with van der Waals surface area (Å²) in [5, 5.41) is 4.93. The molecule has 1 aromatic carbocycles. The van der Waals surface area contributed by atoms with E-state index in [-0.39, 0.29) is 5.69 Å². The lowest BCUT2D eigenvalue weighted by Gasteiger charge is -2.05. The van der Waals surface area contributed by atoms with Crippen LogP contribution in [0.25, 0.3) is 5.65 Å². The van der Waals surface area contributed by atoms with E-state index >= 15 is 0 Å². The van der Waals surface area contributed by atoms with Gasteiger partial charge in [-0.15, -0.1) is 16.9 Å². The van der Waals surface area contributed by atoms with Crippen molar-refractivity contribution in [1.82, 2.24) is 14.2 Å². The second-order valence-corrected chi connectivity index (χ2v) is 6.04. The largest absolute Gasteiger partial charge is 0.398 e. The third-order valence-electron chi connectivity index (χ3n) is 3.02. The second-order valence-electron chi connectivity index (χ2n) is 4.47. The average molecular weight is 321 g/mol. The molecule has 0 saturated carbocycles. The normalized spacial score (nSPS) is 11.1. The van der Waals surface area contributed by atoms with E-state index in [0.29, 0.717) is 28.7 Å². The van der Waals surface area contributed by atoms with Crippen LogP contribution in [0.4, 0.5) is 5.69 Å². The summed E-state index contributed by atoms with van der Waals surface area (Å²) in [5.41, 5.74) is 7.09. The van der Waals surface area contributed by atoms with E-state index in [0.717, 1.165) is 4.90 Å². The van der Waals surface area contributed by atoms with E-state index in [1.54, 1.807) is 36.2 Å². The van der Waals surface area contributed by atoms with Gasteiger partial charge in [0.05, 0.1) is 6.54 Å². The van der Waals surface area contributed by atoms with E-state index in [4.69, 9.17) is 17.3 Å². The molecule has 0 aliphatic heterocycles. The number of fused-ring (bicyclic) bond motifs is 1. The summed E-state index contributed by atoms with van der Waals surface area (Å²) >= 11 is 7.51. The molecule has 7 heteroatoms. The summed E-state index contributed by atoms with van der Waals surface area (Å²) < 4.78 is 2.99. The van der Waals surface area contributed by atoms with E-state index < -0.39 is 0 Å². The van der Waals surface area contributed by atoms with Crippen LogP contribution >= 0.6 is 23.4 Å². The van der Waals surface area contributed by atoms with E-state index in [1.807, 2.05) is 18.2 Å². The van der Waals surface area contributed by atoms with Crippen molar-refractivity contribution in [2.24, 2.45) is 0 Å². The van der Waals surface area contributed by atoms with Crippen LogP contribution in [-0.4, -0.2) is 19.9 Å². The van der Waals surface area contributed by atoms with Gasteiger partial charge < -0.3 is 5.73 Å². The molecule has 2 aromatic heterocycles. The van der Waals surface area contributed by atoms with Crippen molar-refractivity contribution in [3.8, 4) is 0 Å². The Morgan fingerprint density at radius 1 is 1.29 bits per heavy atom. The van der Waals surface area contributed by atoms with Crippen LogP contribution in [0.15, 0.2) is 52.3 Å². The minimum atomic E-state index is -0.134. The highest BCUT2D eigenvalue weighted by Crippen LogP contribution is 2.27. The molecule has 0 bridgehead atoms. The molecule has 108 valence electrons. The van der Waals surface area contributed by atoms with Gasteiger partial charge in [-0.25, -0.2) is 9.48 Å². The Morgan fingerprint density at radius 2 is 2.14 bits per heavy atom. The van der Waals surface area contributed by atoms with Gasteiger partial charge in [0.15, 0.2) is 5.65 Å².